The maximum atomic E-state index is 12.9. The summed E-state index contributed by atoms with van der Waals surface area (Å²) < 4.78 is 5.00. The predicted octanol–water partition coefficient (Wildman–Crippen LogP) is 2.91. The van der Waals surface area contributed by atoms with E-state index < -0.39 is 0 Å². The minimum Gasteiger partial charge on any atom is -0.450 e. The number of amides is 3. The molecule has 0 saturated carbocycles. The molecule has 1 saturated heterocycles. The van der Waals surface area contributed by atoms with Gasteiger partial charge in [0.15, 0.2) is 0 Å². The molecule has 1 N–H and O–H groups in total. The second kappa shape index (κ2) is 8.68. The fourth-order valence-electron chi connectivity index (χ4n) is 2.85. The molecule has 0 spiro atoms. The molecule has 0 radical (unpaired) electrons. The average molecular weight is 387 g/mol. The van der Waals surface area contributed by atoms with Gasteiger partial charge in [-0.25, -0.2) is 4.79 Å². The molecule has 2 heterocycles. The third-order valence-electron chi connectivity index (χ3n) is 4.24. The monoisotopic (exact) mass is 387 g/mol. The highest BCUT2D eigenvalue weighted by Gasteiger charge is 2.27. The molecule has 7 nitrogen and oxygen atoms in total. The second-order valence-corrected chi connectivity index (χ2v) is 6.90. The number of carbonyl (C=O) groups excluding carboxylic acids is 3. The molecule has 1 aromatic carbocycles. The van der Waals surface area contributed by atoms with E-state index in [4.69, 9.17) is 4.74 Å². The quantitative estimate of drug-likeness (QED) is 0.875. The van der Waals surface area contributed by atoms with Crippen molar-refractivity contribution >= 4 is 34.9 Å². The Balaban J connectivity index is 1.67. The molecule has 1 aliphatic rings. The van der Waals surface area contributed by atoms with E-state index in [2.05, 4.69) is 5.32 Å². The zero-order valence-electron chi connectivity index (χ0n) is 15.0. The summed E-state index contributed by atoms with van der Waals surface area (Å²) >= 11 is 1.34. The van der Waals surface area contributed by atoms with Gasteiger partial charge in [0.05, 0.1) is 22.7 Å². The summed E-state index contributed by atoms with van der Waals surface area (Å²) in [5.74, 6) is -0.405. The number of benzene rings is 1. The summed E-state index contributed by atoms with van der Waals surface area (Å²) in [6.07, 6.45) is -0.354. The summed E-state index contributed by atoms with van der Waals surface area (Å²) in [5, 5.41) is 4.64. The smallest absolute Gasteiger partial charge is 0.409 e. The Morgan fingerprint density at radius 3 is 2.41 bits per heavy atom. The van der Waals surface area contributed by atoms with E-state index in [1.807, 2.05) is 5.38 Å². The van der Waals surface area contributed by atoms with Crippen LogP contribution in [0.1, 0.15) is 27.0 Å². The Bertz CT molecular complexity index is 814. The van der Waals surface area contributed by atoms with Gasteiger partial charge in [-0.1, -0.05) is 18.2 Å². The molecule has 3 rings (SSSR count). The standard InChI is InChI=1S/C19H21N3O4S/c1-2-26-19(25)22-11-9-21(10-12-22)18(24)14-6-3-4-7-15(14)20-17(23)16-8-5-13-27-16/h3-8,13H,2,9-12H2,1H3,(H,20,23). The number of hydrogen-bond donors (Lipinski definition) is 1. The summed E-state index contributed by atoms with van der Waals surface area (Å²) in [7, 11) is 0. The Hall–Kier alpha value is -2.87. The second-order valence-electron chi connectivity index (χ2n) is 5.96. The van der Waals surface area contributed by atoms with Crippen molar-refractivity contribution in [3.8, 4) is 0 Å². The van der Waals surface area contributed by atoms with Gasteiger partial charge < -0.3 is 19.9 Å². The van der Waals surface area contributed by atoms with E-state index in [9.17, 15) is 14.4 Å². The number of piperazine rings is 1. The molecule has 1 fully saturated rings. The van der Waals surface area contributed by atoms with E-state index in [-0.39, 0.29) is 17.9 Å². The number of para-hydroxylation sites is 1. The van der Waals surface area contributed by atoms with E-state index in [1.54, 1.807) is 53.1 Å². The number of nitrogens with one attached hydrogen (secondary N) is 1. The molecular formula is C19H21N3O4S. The van der Waals surface area contributed by atoms with E-state index in [0.29, 0.717) is 48.9 Å². The fourth-order valence-corrected chi connectivity index (χ4v) is 3.47. The van der Waals surface area contributed by atoms with Crippen molar-refractivity contribution in [2.45, 2.75) is 6.92 Å². The Kier molecular flexibility index (Phi) is 6.08. The van der Waals surface area contributed by atoms with Crippen LogP contribution in [0, 0.1) is 0 Å². The van der Waals surface area contributed by atoms with Crippen LogP contribution < -0.4 is 5.32 Å². The maximum Gasteiger partial charge on any atom is 0.409 e. The summed E-state index contributed by atoms with van der Waals surface area (Å²) in [4.78, 5) is 40.9. The lowest BCUT2D eigenvalue weighted by molar-refractivity contribution is 0.0571. The van der Waals surface area contributed by atoms with Gasteiger partial charge in [0, 0.05) is 26.2 Å². The van der Waals surface area contributed by atoms with Crippen molar-refractivity contribution in [2.75, 3.05) is 38.1 Å². The Morgan fingerprint density at radius 1 is 1.04 bits per heavy atom. The van der Waals surface area contributed by atoms with Crippen LogP contribution in [0.4, 0.5) is 10.5 Å². The molecule has 1 aromatic heterocycles. The van der Waals surface area contributed by atoms with Crippen molar-refractivity contribution in [1.82, 2.24) is 9.80 Å². The highest BCUT2D eigenvalue weighted by atomic mass is 32.1. The van der Waals surface area contributed by atoms with Crippen LogP contribution in [0.15, 0.2) is 41.8 Å². The van der Waals surface area contributed by atoms with Crippen LogP contribution in [0.25, 0.3) is 0 Å². The molecule has 0 aliphatic carbocycles. The van der Waals surface area contributed by atoms with Gasteiger partial charge in [-0.15, -0.1) is 11.3 Å². The van der Waals surface area contributed by atoms with Crippen LogP contribution >= 0.6 is 11.3 Å². The Morgan fingerprint density at radius 2 is 1.74 bits per heavy atom. The average Bonchev–Trinajstić information content (AvgIpc) is 3.23. The summed E-state index contributed by atoms with van der Waals surface area (Å²) in [6, 6.07) is 10.5. The number of hydrogen-bond acceptors (Lipinski definition) is 5. The first kappa shape index (κ1) is 18.9. The molecule has 142 valence electrons. The van der Waals surface area contributed by atoms with Crippen LogP contribution in [-0.2, 0) is 4.74 Å². The number of anilines is 1. The van der Waals surface area contributed by atoms with Gasteiger partial charge in [0.25, 0.3) is 11.8 Å². The minimum atomic E-state index is -0.354. The van der Waals surface area contributed by atoms with Crippen LogP contribution in [0.5, 0.6) is 0 Å². The zero-order valence-corrected chi connectivity index (χ0v) is 15.8. The summed E-state index contributed by atoms with van der Waals surface area (Å²) in [5.41, 5.74) is 0.917. The number of rotatable bonds is 4. The molecule has 0 atom stereocenters. The Labute approximate surface area is 161 Å². The lowest BCUT2D eigenvalue weighted by atomic mass is 10.1. The van der Waals surface area contributed by atoms with Gasteiger partial charge in [-0.3, -0.25) is 9.59 Å². The van der Waals surface area contributed by atoms with Crippen LogP contribution in [-0.4, -0.2) is 60.5 Å². The lowest BCUT2D eigenvalue weighted by Crippen LogP contribution is -2.50. The van der Waals surface area contributed by atoms with Crippen molar-refractivity contribution in [3.63, 3.8) is 0 Å². The van der Waals surface area contributed by atoms with Gasteiger partial charge >= 0.3 is 6.09 Å². The number of nitrogens with zero attached hydrogens (tertiary/aromatic N) is 2. The van der Waals surface area contributed by atoms with Crippen molar-refractivity contribution in [1.29, 1.82) is 0 Å². The first-order valence-corrected chi connectivity index (χ1v) is 9.63. The predicted molar refractivity (Wildman–Crippen MR) is 103 cm³/mol. The van der Waals surface area contributed by atoms with Gasteiger partial charge in [-0.2, -0.15) is 0 Å². The molecule has 2 aromatic rings. The van der Waals surface area contributed by atoms with Crippen molar-refractivity contribution in [2.24, 2.45) is 0 Å². The minimum absolute atomic E-state index is 0.166. The lowest BCUT2D eigenvalue weighted by Gasteiger charge is -2.34. The largest absolute Gasteiger partial charge is 0.450 e. The highest BCUT2D eigenvalue weighted by Crippen LogP contribution is 2.20. The van der Waals surface area contributed by atoms with Gasteiger partial charge in [0.1, 0.15) is 0 Å². The van der Waals surface area contributed by atoms with E-state index >= 15 is 0 Å². The van der Waals surface area contributed by atoms with Gasteiger partial charge in [0.2, 0.25) is 0 Å². The van der Waals surface area contributed by atoms with Gasteiger partial charge in [-0.05, 0) is 30.5 Å². The normalized spacial score (nSPS) is 14.0. The van der Waals surface area contributed by atoms with Crippen LogP contribution in [0.2, 0.25) is 0 Å². The SMILES string of the molecule is CCOC(=O)N1CCN(C(=O)c2ccccc2NC(=O)c2cccs2)CC1. The first-order valence-electron chi connectivity index (χ1n) is 8.75. The molecule has 3 amide bonds. The van der Waals surface area contributed by atoms with Crippen molar-refractivity contribution < 1.29 is 19.1 Å². The van der Waals surface area contributed by atoms with Crippen molar-refractivity contribution in [3.05, 3.63) is 52.2 Å². The third-order valence-corrected chi connectivity index (χ3v) is 5.11. The van der Waals surface area contributed by atoms with Crippen LogP contribution in [0.3, 0.4) is 0 Å². The maximum absolute atomic E-state index is 12.9. The number of carbonyl (C=O) groups is 3. The molecule has 0 unspecified atom stereocenters. The summed E-state index contributed by atoms with van der Waals surface area (Å²) in [6.45, 7) is 3.78. The molecule has 8 heteroatoms. The molecule has 27 heavy (non-hydrogen) atoms. The highest BCUT2D eigenvalue weighted by molar-refractivity contribution is 7.12. The fraction of sp³-hybridized carbons (Fsp3) is 0.316. The molecule has 0 bridgehead atoms. The first-order chi connectivity index (χ1) is 13.1. The molecule has 1 aliphatic heterocycles. The topological polar surface area (TPSA) is 79.0 Å². The number of thiophene rings is 1. The van der Waals surface area contributed by atoms with E-state index in [0.717, 1.165) is 0 Å². The molecular weight excluding hydrogens is 366 g/mol. The number of ether oxygens (including phenoxy) is 1. The third kappa shape index (κ3) is 4.46. The zero-order chi connectivity index (χ0) is 19.2. The van der Waals surface area contributed by atoms with E-state index in [1.165, 1.54) is 11.3 Å².